The number of ether oxygens (including phenoxy) is 3. The second-order valence-electron chi connectivity index (χ2n) is 3.55. The summed E-state index contributed by atoms with van der Waals surface area (Å²) in [5, 5.41) is 8.51. The summed E-state index contributed by atoms with van der Waals surface area (Å²) in [5.74, 6) is 1.90. The normalized spacial score (nSPS) is 9.53. The maximum Gasteiger partial charge on any atom is 0.203 e. The highest BCUT2D eigenvalue weighted by Gasteiger charge is 2.12. The lowest BCUT2D eigenvalue weighted by molar-refractivity contribution is 0.323. The first kappa shape index (κ1) is 13.2. The Labute approximate surface area is 102 Å². The Balaban J connectivity index is 2.97. The molecule has 0 aliphatic carbocycles. The van der Waals surface area contributed by atoms with Crippen molar-refractivity contribution in [1.29, 1.82) is 5.26 Å². The zero-order chi connectivity index (χ0) is 12.7. The predicted molar refractivity (Wildman–Crippen MR) is 64.6 cm³/mol. The summed E-state index contributed by atoms with van der Waals surface area (Å²) in [7, 11) is 4.77. The van der Waals surface area contributed by atoms with Crippen LogP contribution in [0.2, 0.25) is 0 Å². The Bertz CT molecular complexity index is 385. The van der Waals surface area contributed by atoms with Crippen molar-refractivity contribution < 1.29 is 14.2 Å². The van der Waals surface area contributed by atoms with E-state index in [9.17, 15) is 0 Å². The third-order valence-corrected chi connectivity index (χ3v) is 2.48. The average molecular weight is 235 g/mol. The highest BCUT2D eigenvalue weighted by Crippen LogP contribution is 2.38. The largest absolute Gasteiger partial charge is 0.493 e. The molecule has 0 N–H and O–H groups in total. The molecule has 0 aliphatic heterocycles. The number of benzene rings is 1. The first-order valence-electron chi connectivity index (χ1n) is 5.42. The van der Waals surface area contributed by atoms with Gasteiger partial charge in [0.1, 0.15) is 0 Å². The summed E-state index contributed by atoms with van der Waals surface area (Å²) in [4.78, 5) is 0. The van der Waals surface area contributed by atoms with Crippen molar-refractivity contribution in [2.75, 3.05) is 21.3 Å². The van der Waals surface area contributed by atoms with Crippen LogP contribution in [0.3, 0.4) is 0 Å². The monoisotopic (exact) mass is 235 g/mol. The van der Waals surface area contributed by atoms with Gasteiger partial charge in [0.25, 0.3) is 0 Å². The van der Waals surface area contributed by atoms with Crippen molar-refractivity contribution in [2.45, 2.75) is 19.3 Å². The van der Waals surface area contributed by atoms with E-state index < -0.39 is 0 Å². The Morgan fingerprint density at radius 2 is 1.65 bits per heavy atom. The van der Waals surface area contributed by atoms with Crippen LogP contribution < -0.4 is 14.2 Å². The van der Waals surface area contributed by atoms with Gasteiger partial charge in [-0.2, -0.15) is 5.26 Å². The molecule has 0 unspecified atom stereocenters. The predicted octanol–water partition coefficient (Wildman–Crippen LogP) is 2.56. The van der Waals surface area contributed by atoms with E-state index in [2.05, 4.69) is 6.07 Å². The van der Waals surface area contributed by atoms with Crippen molar-refractivity contribution in [2.24, 2.45) is 0 Å². The fourth-order valence-electron chi connectivity index (χ4n) is 1.65. The second-order valence-corrected chi connectivity index (χ2v) is 3.55. The lowest BCUT2D eigenvalue weighted by Crippen LogP contribution is -1.97. The number of hydrogen-bond donors (Lipinski definition) is 0. The van der Waals surface area contributed by atoms with Crippen molar-refractivity contribution in [3.05, 3.63) is 17.7 Å². The number of nitriles is 1. The molecule has 0 saturated carbocycles. The van der Waals surface area contributed by atoms with E-state index in [1.807, 2.05) is 12.1 Å². The quantitative estimate of drug-likeness (QED) is 0.711. The fourth-order valence-corrected chi connectivity index (χ4v) is 1.65. The van der Waals surface area contributed by atoms with Crippen LogP contribution in [0.15, 0.2) is 12.1 Å². The summed E-state index contributed by atoms with van der Waals surface area (Å²) in [5.41, 5.74) is 1.08. The number of aryl methyl sites for hydroxylation is 1. The molecule has 0 bridgehead atoms. The molecule has 0 saturated heterocycles. The minimum Gasteiger partial charge on any atom is -0.493 e. The molecule has 1 rings (SSSR count). The summed E-state index contributed by atoms with van der Waals surface area (Å²) >= 11 is 0. The van der Waals surface area contributed by atoms with Gasteiger partial charge >= 0.3 is 0 Å². The molecular formula is C13H17NO3. The molecule has 0 fully saturated rings. The maximum absolute atomic E-state index is 8.51. The van der Waals surface area contributed by atoms with Gasteiger partial charge < -0.3 is 14.2 Å². The van der Waals surface area contributed by atoms with Gasteiger partial charge in [0.05, 0.1) is 27.4 Å². The molecule has 17 heavy (non-hydrogen) atoms. The number of unbranched alkanes of at least 4 members (excludes halogenated alkanes) is 1. The molecule has 0 aliphatic rings. The van der Waals surface area contributed by atoms with Crippen molar-refractivity contribution >= 4 is 0 Å². The zero-order valence-electron chi connectivity index (χ0n) is 10.4. The van der Waals surface area contributed by atoms with Crippen LogP contribution in [-0.4, -0.2) is 21.3 Å². The summed E-state index contributed by atoms with van der Waals surface area (Å²) in [6.07, 6.45) is 2.20. The molecule has 1 aromatic rings. The van der Waals surface area contributed by atoms with Gasteiger partial charge in [-0.3, -0.25) is 0 Å². The van der Waals surface area contributed by atoms with E-state index in [1.54, 1.807) is 21.3 Å². The van der Waals surface area contributed by atoms with E-state index in [4.69, 9.17) is 19.5 Å². The number of rotatable bonds is 6. The minimum atomic E-state index is 0.552. The van der Waals surface area contributed by atoms with Gasteiger partial charge in [-0.1, -0.05) is 0 Å². The van der Waals surface area contributed by atoms with Crippen molar-refractivity contribution in [1.82, 2.24) is 0 Å². The highest BCUT2D eigenvalue weighted by atomic mass is 16.5. The van der Waals surface area contributed by atoms with Gasteiger partial charge in [0.2, 0.25) is 5.75 Å². The molecule has 4 nitrogen and oxygen atoms in total. The van der Waals surface area contributed by atoms with Gasteiger partial charge in [0, 0.05) is 6.42 Å². The number of nitrogens with zero attached hydrogens (tertiary/aromatic N) is 1. The van der Waals surface area contributed by atoms with Crippen LogP contribution in [0.4, 0.5) is 0 Å². The SMILES string of the molecule is COc1cc(CCCC#N)cc(OC)c1OC. The summed E-state index contributed by atoms with van der Waals surface area (Å²) in [6.45, 7) is 0. The van der Waals surface area contributed by atoms with E-state index >= 15 is 0 Å². The van der Waals surface area contributed by atoms with Gasteiger partial charge in [-0.25, -0.2) is 0 Å². The number of methoxy groups -OCH3 is 3. The average Bonchev–Trinajstić information content (AvgIpc) is 2.37. The third kappa shape index (κ3) is 3.28. The van der Waals surface area contributed by atoms with Crippen molar-refractivity contribution in [3.63, 3.8) is 0 Å². The molecule has 0 amide bonds. The molecule has 0 spiro atoms. The zero-order valence-corrected chi connectivity index (χ0v) is 10.4. The lowest BCUT2D eigenvalue weighted by atomic mass is 10.1. The first-order valence-corrected chi connectivity index (χ1v) is 5.42. The van der Waals surface area contributed by atoms with Crippen molar-refractivity contribution in [3.8, 4) is 23.3 Å². The molecule has 4 heteroatoms. The Morgan fingerprint density at radius 1 is 1.06 bits per heavy atom. The standard InChI is InChI=1S/C13H17NO3/c1-15-11-8-10(6-4-5-7-14)9-12(16-2)13(11)17-3/h8-9H,4-6H2,1-3H3. The van der Waals surface area contributed by atoms with Crippen LogP contribution in [0, 0.1) is 11.3 Å². The Kier molecular flexibility index (Phi) is 5.15. The van der Waals surface area contributed by atoms with E-state index in [0.29, 0.717) is 23.7 Å². The Hall–Kier alpha value is -1.89. The topological polar surface area (TPSA) is 51.5 Å². The van der Waals surface area contributed by atoms with Gasteiger partial charge in [-0.05, 0) is 30.5 Å². The molecule has 0 atom stereocenters. The lowest BCUT2D eigenvalue weighted by Gasteiger charge is -2.13. The maximum atomic E-state index is 8.51. The second kappa shape index (κ2) is 6.64. The minimum absolute atomic E-state index is 0.552. The molecule has 0 aromatic heterocycles. The van der Waals surface area contributed by atoms with E-state index in [1.165, 1.54) is 0 Å². The molecular weight excluding hydrogens is 218 g/mol. The van der Waals surface area contributed by atoms with Gasteiger partial charge in [0.15, 0.2) is 11.5 Å². The molecule has 92 valence electrons. The van der Waals surface area contributed by atoms with E-state index in [0.717, 1.165) is 18.4 Å². The molecule has 0 heterocycles. The molecule has 0 radical (unpaired) electrons. The molecule has 1 aromatic carbocycles. The third-order valence-electron chi connectivity index (χ3n) is 2.48. The smallest absolute Gasteiger partial charge is 0.203 e. The number of hydrogen-bond acceptors (Lipinski definition) is 4. The van der Waals surface area contributed by atoms with Crippen LogP contribution in [0.25, 0.3) is 0 Å². The highest BCUT2D eigenvalue weighted by molar-refractivity contribution is 5.53. The Morgan fingerprint density at radius 3 is 2.06 bits per heavy atom. The van der Waals surface area contributed by atoms with Crippen LogP contribution >= 0.6 is 0 Å². The summed E-state index contributed by atoms with van der Waals surface area (Å²) in [6, 6.07) is 5.96. The van der Waals surface area contributed by atoms with Crippen LogP contribution in [0.1, 0.15) is 18.4 Å². The first-order chi connectivity index (χ1) is 8.26. The summed E-state index contributed by atoms with van der Waals surface area (Å²) < 4.78 is 15.7. The van der Waals surface area contributed by atoms with Gasteiger partial charge in [-0.15, -0.1) is 0 Å². The van der Waals surface area contributed by atoms with E-state index in [-0.39, 0.29) is 0 Å². The fraction of sp³-hybridized carbons (Fsp3) is 0.462. The van der Waals surface area contributed by atoms with Crippen LogP contribution in [0.5, 0.6) is 17.2 Å². The van der Waals surface area contributed by atoms with Crippen LogP contribution in [-0.2, 0) is 6.42 Å².